The monoisotopic (exact) mass is 496 g/mol. The highest BCUT2D eigenvalue weighted by Gasteiger charge is 2.48. The van der Waals surface area contributed by atoms with Crippen LogP contribution in [0.4, 0.5) is 0 Å². The predicted octanol–water partition coefficient (Wildman–Crippen LogP) is 4.81. The number of methoxy groups -OCH3 is 2. The van der Waals surface area contributed by atoms with Gasteiger partial charge in [-0.25, -0.2) is 4.98 Å². The van der Waals surface area contributed by atoms with Crippen LogP contribution in [0.15, 0.2) is 29.6 Å². The second kappa shape index (κ2) is 9.54. The van der Waals surface area contributed by atoms with Crippen molar-refractivity contribution < 1.29 is 13.7 Å². The molecule has 3 aromatic rings. The molecule has 0 aliphatic heterocycles. The Balaban J connectivity index is 0.000000189. The van der Waals surface area contributed by atoms with E-state index in [4.69, 9.17) is 15.2 Å². The molecule has 4 aliphatic carbocycles. The third-order valence-corrected chi connectivity index (χ3v) is 9.15. The molecule has 35 heavy (non-hydrogen) atoms. The first-order valence-corrected chi connectivity index (χ1v) is 13.8. The summed E-state index contributed by atoms with van der Waals surface area (Å²) in [6.45, 7) is 3.86. The van der Waals surface area contributed by atoms with Gasteiger partial charge in [-0.1, -0.05) is 0 Å². The van der Waals surface area contributed by atoms with Crippen LogP contribution in [-0.4, -0.2) is 38.9 Å². The fourth-order valence-corrected chi connectivity index (χ4v) is 7.89. The molecule has 2 aromatic heterocycles. The van der Waals surface area contributed by atoms with Crippen molar-refractivity contribution in [2.45, 2.75) is 68.8 Å². The number of aryl methyl sites for hydroxylation is 1. The van der Waals surface area contributed by atoms with Crippen LogP contribution >= 0.6 is 0 Å². The number of H-pyrrole nitrogens is 1. The van der Waals surface area contributed by atoms with E-state index in [0.29, 0.717) is 10.7 Å². The molecule has 1 aromatic carbocycles. The number of aromatic nitrogens is 3. The number of nitrogens with two attached hydrogens (primary N) is 1. The van der Waals surface area contributed by atoms with E-state index in [2.05, 4.69) is 15.0 Å². The smallest absolute Gasteiger partial charge is 0.197 e. The molecule has 0 radical (unpaired) electrons. The van der Waals surface area contributed by atoms with Crippen LogP contribution in [0.3, 0.4) is 0 Å². The van der Waals surface area contributed by atoms with E-state index in [9.17, 15) is 4.21 Å². The van der Waals surface area contributed by atoms with Crippen molar-refractivity contribution in [3.63, 3.8) is 0 Å². The molecule has 2 heterocycles. The van der Waals surface area contributed by atoms with E-state index in [-0.39, 0.29) is 5.75 Å². The number of fused-ring (bicyclic) bond motifs is 1. The molecule has 4 bridgehead atoms. The fraction of sp³-hybridized carbons (Fsp3) is 0.556. The number of aromatic amines is 1. The Morgan fingerprint density at radius 2 is 1.74 bits per heavy atom. The van der Waals surface area contributed by atoms with Crippen molar-refractivity contribution in [3.8, 4) is 11.5 Å². The van der Waals surface area contributed by atoms with Crippen LogP contribution in [-0.2, 0) is 16.6 Å². The summed E-state index contributed by atoms with van der Waals surface area (Å²) >= 11 is 0. The minimum atomic E-state index is -1.33. The highest BCUT2D eigenvalue weighted by Crippen LogP contribution is 2.54. The Bertz CT molecular complexity index is 1220. The minimum Gasteiger partial charge on any atom is -0.497 e. The van der Waals surface area contributed by atoms with E-state index in [0.717, 1.165) is 57.1 Å². The standard InChI is InChI=1S/C17H19N3O3S.C10H17N/c1-10-8-18-15(11(2)16(10)23-4)9-24(21)17-19-13-6-5-12(22-3)7-14(13)20-17;11-10-4-7-1-8(5-10)3-9(2-7)6-10/h5-8H,9H2,1-4H3,(H,19,20);7-9H,1-6,11H2. The molecule has 1 unspecified atom stereocenters. The molecule has 8 heteroatoms. The number of hydrogen-bond donors (Lipinski definition) is 2. The molecule has 1 atom stereocenters. The second-order valence-electron chi connectivity index (χ2n) is 10.7. The molecular weight excluding hydrogens is 460 g/mol. The van der Waals surface area contributed by atoms with Crippen molar-refractivity contribution in [2.24, 2.45) is 23.5 Å². The third kappa shape index (κ3) is 4.96. The van der Waals surface area contributed by atoms with Crippen LogP contribution < -0.4 is 15.2 Å². The lowest BCUT2D eigenvalue weighted by molar-refractivity contribution is 0.000364. The first kappa shape index (κ1) is 24.3. The maximum absolute atomic E-state index is 12.7. The van der Waals surface area contributed by atoms with Gasteiger partial charge in [0, 0.05) is 28.9 Å². The number of ether oxygens (including phenoxy) is 2. The Morgan fingerprint density at radius 1 is 1.09 bits per heavy atom. The Labute approximate surface area is 209 Å². The van der Waals surface area contributed by atoms with Crippen LogP contribution in [0.1, 0.15) is 55.3 Å². The Morgan fingerprint density at radius 3 is 2.31 bits per heavy atom. The highest BCUT2D eigenvalue weighted by molar-refractivity contribution is 7.84. The summed E-state index contributed by atoms with van der Waals surface area (Å²) in [5.41, 5.74) is 10.8. The zero-order valence-electron chi connectivity index (χ0n) is 21.1. The van der Waals surface area contributed by atoms with Gasteiger partial charge in [-0.05, 0) is 82.3 Å². The van der Waals surface area contributed by atoms with Gasteiger partial charge in [0.05, 0.1) is 47.5 Å². The lowest BCUT2D eigenvalue weighted by Gasteiger charge is -2.55. The maximum Gasteiger partial charge on any atom is 0.197 e. The molecule has 188 valence electrons. The number of pyridine rings is 1. The molecule has 4 fully saturated rings. The molecule has 7 rings (SSSR count). The number of benzene rings is 1. The average Bonchev–Trinajstić information content (AvgIpc) is 3.23. The minimum absolute atomic E-state index is 0.277. The van der Waals surface area contributed by atoms with Gasteiger partial charge in [0.2, 0.25) is 0 Å². The number of nitrogens with one attached hydrogen (secondary N) is 1. The van der Waals surface area contributed by atoms with E-state index in [1.165, 1.54) is 38.5 Å². The van der Waals surface area contributed by atoms with Crippen LogP contribution in [0.25, 0.3) is 11.0 Å². The highest BCUT2D eigenvalue weighted by atomic mass is 32.2. The summed E-state index contributed by atoms with van der Waals surface area (Å²) in [4.78, 5) is 11.9. The van der Waals surface area contributed by atoms with Gasteiger partial charge in [-0.2, -0.15) is 0 Å². The van der Waals surface area contributed by atoms with Crippen molar-refractivity contribution in [3.05, 3.63) is 41.2 Å². The quantitative estimate of drug-likeness (QED) is 0.525. The lowest BCUT2D eigenvalue weighted by Crippen LogP contribution is -2.55. The maximum atomic E-state index is 12.7. The normalized spacial score (nSPS) is 27.4. The summed E-state index contributed by atoms with van der Waals surface area (Å²) < 4.78 is 23.3. The van der Waals surface area contributed by atoms with Crippen LogP contribution in [0.2, 0.25) is 0 Å². The second-order valence-corrected chi connectivity index (χ2v) is 12.1. The van der Waals surface area contributed by atoms with Gasteiger partial charge in [0.1, 0.15) is 11.5 Å². The third-order valence-electron chi connectivity index (χ3n) is 7.99. The molecule has 4 aliphatic rings. The molecule has 4 saturated carbocycles. The SMILES string of the molecule is COc1ccc2nc(S(=O)Cc3ncc(C)c(OC)c3C)[nH]c2c1.NC12CC3CC(CC(C3)C1)C2. The largest absolute Gasteiger partial charge is 0.497 e. The van der Waals surface area contributed by atoms with Crippen molar-refractivity contribution in [1.82, 2.24) is 15.0 Å². The van der Waals surface area contributed by atoms with Gasteiger partial charge in [-0.3, -0.25) is 9.19 Å². The summed E-state index contributed by atoms with van der Waals surface area (Å²) in [6.07, 6.45) is 10.3. The molecule has 0 spiro atoms. The van der Waals surface area contributed by atoms with Gasteiger partial charge in [-0.15, -0.1) is 0 Å². The first-order chi connectivity index (χ1) is 16.8. The van der Waals surface area contributed by atoms with Crippen LogP contribution in [0, 0.1) is 31.6 Å². The number of rotatable bonds is 5. The fourth-order valence-electron chi connectivity index (χ4n) is 6.79. The summed E-state index contributed by atoms with van der Waals surface area (Å²) in [6, 6.07) is 5.50. The van der Waals surface area contributed by atoms with E-state index >= 15 is 0 Å². The van der Waals surface area contributed by atoms with Gasteiger partial charge < -0.3 is 20.2 Å². The van der Waals surface area contributed by atoms with Gasteiger partial charge in [0.25, 0.3) is 0 Å². The first-order valence-electron chi connectivity index (χ1n) is 12.5. The van der Waals surface area contributed by atoms with Crippen molar-refractivity contribution in [2.75, 3.05) is 14.2 Å². The zero-order chi connectivity index (χ0) is 24.7. The molecular formula is C27H36N4O3S. The van der Waals surface area contributed by atoms with Crippen LogP contribution in [0.5, 0.6) is 11.5 Å². The molecule has 7 nitrogen and oxygen atoms in total. The Kier molecular flexibility index (Phi) is 6.61. The van der Waals surface area contributed by atoms with E-state index in [1.54, 1.807) is 20.4 Å². The zero-order valence-corrected chi connectivity index (χ0v) is 21.9. The van der Waals surface area contributed by atoms with Gasteiger partial charge in [0.15, 0.2) is 5.16 Å². The topological polar surface area (TPSA) is 103 Å². The summed E-state index contributed by atoms with van der Waals surface area (Å²) in [5, 5.41) is 0.430. The van der Waals surface area contributed by atoms with E-state index < -0.39 is 10.8 Å². The number of imidazole rings is 1. The predicted molar refractivity (Wildman–Crippen MR) is 138 cm³/mol. The molecule has 3 N–H and O–H groups in total. The van der Waals surface area contributed by atoms with Crippen molar-refractivity contribution in [1.29, 1.82) is 0 Å². The summed E-state index contributed by atoms with van der Waals surface area (Å²) in [7, 11) is 1.91. The summed E-state index contributed by atoms with van der Waals surface area (Å²) in [5.74, 6) is 4.85. The van der Waals surface area contributed by atoms with Gasteiger partial charge >= 0.3 is 0 Å². The lowest BCUT2D eigenvalue weighted by atomic mass is 9.53. The molecule has 0 saturated heterocycles. The van der Waals surface area contributed by atoms with E-state index in [1.807, 2.05) is 32.0 Å². The van der Waals surface area contributed by atoms with Crippen molar-refractivity contribution >= 4 is 21.8 Å². The number of nitrogens with zero attached hydrogens (tertiary/aromatic N) is 2. The Hall–Kier alpha value is -2.45. The molecule has 0 amide bonds. The average molecular weight is 497 g/mol. The number of hydrogen-bond acceptors (Lipinski definition) is 6.